The molecule has 0 radical (unpaired) electrons. The Kier molecular flexibility index (Phi) is 4.74. The van der Waals surface area contributed by atoms with Crippen LogP contribution in [-0.2, 0) is 15.1 Å². The van der Waals surface area contributed by atoms with E-state index in [1.165, 1.54) is 0 Å². The normalized spacial score (nSPS) is 14.4. The first-order valence-electron chi connectivity index (χ1n) is 5.90. The lowest BCUT2D eigenvalue weighted by Crippen LogP contribution is -2.46. The van der Waals surface area contributed by atoms with E-state index in [1.807, 2.05) is 12.1 Å². The van der Waals surface area contributed by atoms with Gasteiger partial charge < -0.3 is 14.8 Å². The first kappa shape index (κ1) is 15.7. The summed E-state index contributed by atoms with van der Waals surface area (Å²) in [6.45, 7) is 6.94. The maximum absolute atomic E-state index is 11.8. The molecule has 0 fully saturated rings. The molecule has 4 nitrogen and oxygen atoms in total. The number of carbonyl (C=O) groups is 2. The average molecular weight is 328 g/mol. The molecule has 0 aliphatic heterocycles. The fraction of sp³-hybridized carbons (Fsp3) is 0.429. The zero-order chi connectivity index (χ0) is 14.7. The van der Waals surface area contributed by atoms with E-state index in [0.717, 1.165) is 4.47 Å². The van der Waals surface area contributed by atoms with Crippen LogP contribution in [0.1, 0.15) is 33.3 Å². The van der Waals surface area contributed by atoms with Crippen molar-refractivity contribution in [1.82, 2.24) is 5.32 Å². The van der Waals surface area contributed by atoms with Crippen LogP contribution in [0.25, 0.3) is 0 Å². The molecule has 1 rings (SSSR count). The molecule has 0 spiro atoms. The molecule has 1 N–H and O–H groups in total. The Bertz CT molecular complexity index is 465. The molecule has 0 aliphatic rings. The summed E-state index contributed by atoms with van der Waals surface area (Å²) < 4.78 is 6.07. The molecule has 0 heterocycles. The Morgan fingerprint density at radius 1 is 1.21 bits per heavy atom. The van der Waals surface area contributed by atoms with Gasteiger partial charge in [0.1, 0.15) is 17.4 Å². The molecule has 1 aromatic rings. The topological polar surface area (TPSA) is 55.4 Å². The van der Waals surface area contributed by atoms with E-state index in [1.54, 1.807) is 39.8 Å². The highest BCUT2D eigenvalue weighted by atomic mass is 79.9. The van der Waals surface area contributed by atoms with Crippen LogP contribution < -0.4 is 5.32 Å². The first-order valence-corrected chi connectivity index (χ1v) is 6.69. The second-order valence-corrected chi connectivity index (χ2v) is 6.37. The summed E-state index contributed by atoms with van der Waals surface area (Å²) in [6, 6.07) is 7.17. The van der Waals surface area contributed by atoms with E-state index in [-0.39, 0.29) is 0 Å². The number of ether oxygens (including phenoxy) is 1. The van der Waals surface area contributed by atoms with Gasteiger partial charge in [0.2, 0.25) is 0 Å². The SMILES string of the molecule is CC(C)(C)OC(=O)NC(C)(C=O)c1ccc(Br)cc1. The number of amides is 1. The summed E-state index contributed by atoms with van der Waals surface area (Å²) >= 11 is 3.32. The van der Waals surface area contributed by atoms with Crippen LogP contribution in [0.15, 0.2) is 28.7 Å². The molecule has 104 valence electrons. The van der Waals surface area contributed by atoms with Crippen molar-refractivity contribution < 1.29 is 14.3 Å². The largest absolute Gasteiger partial charge is 0.444 e. The number of aldehydes is 1. The standard InChI is InChI=1S/C14H18BrNO3/c1-13(2,3)19-12(18)16-14(4,9-17)10-5-7-11(15)8-6-10/h5-9H,1-4H3,(H,16,18). The van der Waals surface area contributed by atoms with Crippen molar-refractivity contribution in [2.45, 2.75) is 38.8 Å². The lowest BCUT2D eigenvalue weighted by molar-refractivity contribution is -0.113. The van der Waals surface area contributed by atoms with E-state index >= 15 is 0 Å². The lowest BCUT2D eigenvalue weighted by Gasteiger charge is -2.27. The van der Waals surface area contributed by atoms with Gasteiger partial charge in [0.05, 0.1) is 0 Å². The molecule has 19 heavy (non-hydrogen) atoms. The summed E-state index contributed by atoms with van der Waals surface area (Å²) in [5.74, 6) is 0. The Hall–Kier alpha value is -1.36. The molecular formula is C14H18BrNO3. The van der Waals surface area contributed by atoms with Gasteiger partial charge in [-0.15, -0.1) is 0 Å². The van der Waals surface area contributed by atoms with Crippen molar-refractivity contribution >= 4 is 28.3 Å². The van der Waals surface area contributed by atoms with Crippen LogP contribution in [0.4, 0.5) is 4.79 Å². The molecule has 5 heteroatoms. The predicted octanol–water partition coefficient (Wildman–Crippen LogP) is 3.39. The van der Waals surface area contributed by atoms with Crippen molar-refractivity contribution in [3.05, 3.63) is 34.3 Å². The van der Waals surface area contributed by atoms with E-state index in [0.29, 0.717) is 11.8 Å². The summed E-state index contributed by atoms with van der Waals surface area (Å²) in [5, 5.41) is 2.59. The zero-order valence-electron chi connectivity index (χ0n) is 11.5. The van der Waals surface area contributed by atoms with Gasteiger partial charge in [-0.1, -0.05) is 28.1 Å². The maximum atomic E-state index is 11.8. The number of halogens is 1. The fourth-order valence-corrected chi connectivity index (χ4v) is 1.75. The maximum Gasteiger partial charge on any atom is 0.408 e. The molecule has 0 aliphatic carbocycles. The number of carbonyl (C=O) groups excluding carboxylic acids is 2. The van der Waals surface area contributed by atoms with E-state index in [9.17, 15) is 9.59 Å². The second kappa shape index (κ2) is 5.74. The van der Waals surface area contributed by atoms with Gasteiger partial charge in [0.25, 0.3) is 0 Å². The van der Waals surface area contributed by atoms with Crippen LogP contribution in [-0.4, -0.2) is 18.0 Å². The summed E-state index contributed by atoms with van der Waals surface area (Å²) in [4.78, 5) is 23.1. The Balaban J connectivity index is 2.89. The zero-order valence-corrected chi connectivity index (χ0v) is 13.1. The van der Waals surface area contributed by atoms with Crippen LogP contribution in [0.5, 0.6) is 0 Å². The molecule has 0 bridgehead atoms. The smallest absolute Gasteiger partial charge is 0.408 e. The number of alkyl carbamates (subject to hydrolysis) is 1. The van der Waals surface area contributed by atoms with E-state index in [2.05, 4.69) is 21.2 Å². The molecular weight excluding hydrogens is 310 g/mol. The summed E-state index contributed by atoms with van der Waals surface area (Å²) in [7, 11) is 0. The molecule has 1 amide bonds. The summed E-state index contributed by atoms with van der Waals surface area (Å²) in [5.41, 5.74) is -1.02. The highest BCUT2D eigenvalue weighted by molar-refractivity contribution is 9.10. The Morgan fingerprint density at radius 3 is 2.16 bits per heavy atom. The molecule has 1 atom stereocenters. The monoisotopic (exact) mass is 327 g/mol. The molecule has 0 aromatic heterocycles. The van der Waals surface area contributed by atoms with Crippen molar-refractivity contribution in [1.29, 1.82) is 0 Å². The Labute approximate surface area is 121 Å². The van der Waals surface area contributed by atoms with E-state index < -0.39 is 17.2 Å². The third kappa shape index (κ3) is 4.67. The third-order valence-electron chi connectivity index (χ3n) is 2.44. The van der Waals surface area contributed by atoms with Gasteiger partial charge >= 0.3 is 6.09 Å². The molecule has 1 aromatic carbocycles. The van der Waals surface area contributed by atoms with Crippen LogP contribution in [0.3, 0.4) is 0 Å². The number of rotatable bonds is 3. The van der Waals surface area contributed by atoms with Gasteiger partial charge in [-0.2, -0.15) is 0 Å². The van der Waals surface area contributed by atoms with Crippen molar-refractivity contribution in [2.24, 2.45) is 0 Å². The average Bonchev–Trinajstić information content (AvgIpc) is 2.26. The van der Waals surface area contributed by atoms with Crippen molar-refractivity contribution in [3.8, 4) is 0 Å². The number of hydrogen-bond acceptors (Lipinski definition) is 3. The van der Waals surface area contributed by atoms with Crippen LogP contribution >= 0.6 is 15.9 Å². The fourth-order valence-electron chi connectivity index (χ4n) is 1.48. The van der Waals surface area contributed by atoms with Gasteiger partial charge in [-0.05, 0) is 45.4 Å². The number of hydrogen-bond donors (Lipinski definition) is 1. The van der Waals surface area contributed by atoms with Gasteiger partial charge in [0, 0.05) is 4.47 Å². The van der Waals surface area contributed by atoms with Gasteiger partial charge in [-0.25, -0.2) is 4.79 Å². The Morgan fingerprint density at radius 2 is 1.74 bits per heavy atom. The molecule has 0 saturated carbocycles. The minimum Gasteiger partial charge on any atom is -0.444 e. The second-order valence-electron chi connectivity index (χ2n) is 5.45. The minimum absolute atomic E-state index is 0.604. The molecule has 1 unspecified atom stereocenters. The predicted molar refractivity (Wildman–Crippen MR) is 76.9 cm³/mol. The quantitative estimate of drug-likeness (QED) is 0.866. The van der Waals surface area contributed by atoms with Gasteiger partial charge in [0.15, 0.2) is 0 Å². The summed E-state index contributed by atoms with van der Waals surface area (Å²) in [6.07, 6.45) is 0.0742. The highest BCUT2D eigenvalue weighted by Crippen LogP contribution is 2.21. The minimum atomic E-state index is -1.11. The van der Waals surface area contributed by atoms with Gasteiger partial charge in [-0.3, -0.25) is 0 Å². The van der Waals surface area contributed by atoms with E-state index in [4.69, 9.17) is 4.74 Å². The van der Waals surface area contributed by atoms with Crippen LogP contribution in [0, 0.1) is 0 Å². The van der Waals surface area contributed by atoms with Crippen LogP contribution in [0.2, 0.25) is 0 Å². The molecule has 0 saturated heterocycles. The number of benzene rings is 1. The lowest BCUT2D eigenvalue weighted by atomic mass is 9.94. The van der Waals surface area contributed by atoms with Crippen molar-refractivity contribution in [2.75, 3.05) is 0 Å². The highest BCUT2D eigenvalue weighted by Gasteiger charge is 2.30. The van der Waals surface area contributed by atoms with Crippen molar-refractivity contribution in [3.63, 3.8) is 0 Å². The first-order chi connectivity index (χ1) is 8.66. The third-order valence-corrected chi connectivity index (χ3v) is 2.97. The number of nitrogens with one attached hydrogen (secondary N) is 1.